The topological polar surface area (TPSA) is 38.3 Å². The molecule has 1 aromatic carbocycles. The molecule has 1 aliphatic carbocycles. The number of nitrogens with one attached hydrogen (secondary N) is 1. The van der Waals surface area contributed by atoms with Gasteiger partial charge in [-0.2, -0.15) is 0 Å². The van der Waals surface area contributed by atoms with E-state index in [1.165, 1.54) is 12.8 Å². The van der Waals surface area contributed by atoms with Crippen molar-refractivity contribution < 1.29 is 9.53 Å². The first kappa shape index (κ1) is 16.5. The quantitative estimate of drug-likeness (QED) is 0.923. The molecule has 0 radical (unpaired) electrons. The summed E-state index contributed by atoms with van der Waals surface area (Å²) in [5.41, 5.74) is 1.20. The van der Waals surface area contributed by atoms with Crippen LogP contribution in [0.2, 0.25) is 0 Å². The van der Waals surface area contributed by atoms with E-state index >= 15 is 0 Å². The minimum atomic E-state index is 0.121. The van der Waals surface area contributed by atoms with Crippen molar-refractivity contribution in [3.05, 3.63) is 35.9 Å². The first-order chi connectivity index (χ1) is 10.9. The van der Waals surface area contributed by atoms with Crippen LogP contribution in [0.5, 0.6) is 0 Å². The Kier molecular flexibility index (Phi) is 4.77. The van der Waals surface area contributed by atoms with E-state index in [4.69, 9.17) is 4.74 Å². The summed E-state index contributed by atoms with van der Waals surface area (Å²) in [6, 6.07) is 10.2. The number of fused-ring (bicyclic) bond motifs is 1. The molecule has 1 aliphatic heterocycles. The van der Waals surface area contributed by atoms with Gasteiger partial charge in [0, 0.05) is 12.0 Å². The van der Waals surface area contributed by atoms with Gasteiger partial charge in [-0.3, -0.25) is 4.79 Å². The van der Waals surface area contributed by atoms with Crippen LogP contribution in [0.15, 0.2) is 30.3 Å². The van der Waals surface area contributed by atoms with Crippen LogP contribution >= 0.6 is 0 Å². The van der Waals surface area contributed by atoms with Crippen molar-refractivity contribution >= 4 is 5.91 Å². The van der Waals surface area contributed by atoms with E-state index < -0.39 is 0 Å². The minimum absolute atomic E-state index is 0.121. The number of hydrogen-bond acceptors (Lipinski definition) is 2. The van der Waals surface area contributed by atoms with E-state index in [-0.39, 0.29) is 23.5 Å². The second-order valence-electron chi connectivity index (χ2n) is 8.20. The summed E-state index contributed by atoms with van der Waals surface area (Å²) in [7, 11) is 0. The third-order valence-electron chi connectivity index (χ3n) is 5.35. The normalized spacial score (nSPS) is 30.7. The minimum Gasteiger partial charge on any atom is -0.374 e. The van der Waals surface area contributed by atoms with Crippen molar-refractivity contribution in [2.45, 2.75) is 71.1 Å². The zero-order valence-electron chi connectivity index (χ0n) is 14.5. The molecule has 0 unspecified atom stereocenters. The Labute approximate surface area is 139 Å². The van der Waals surface area contributed by atoms with Crippen LogP contribution in [0.1, 0.15) is 52.0 Å². The summed E-state index contributed by atoms with van der Waals surface area (Å²) in [4.78, 5) is 12.5. The molecule has 1 saturated carbocycles. The number of carbonyl (C=O) groups is 1. The zero-order valence-corrected chi connectivity index (χ0v) is 14.5. The van der Waals surface area contributed by atoms with Gasteiger partial charge in [-0.25, -0.2) is 0 Å². The van der Waals surface area contributed by atoms with Crippen LogP contribution in [0.3, 0.4) is 0 Å². The molecule has 3 nitrogen and oxygen atoms in total. The second-order valence-corrected chi connectivity index (χ2v) is 8.20. The van der Waals surface area contributed by atoms with Crippen LogP contribution in [-0.2, 0) is 16.0 Å². The maximum atomic E-state index is 12.5. The molecule has 1 saturated heterocycles. The van der Waals surface area contributed by atoms with Crippen molar-refractivity contribution in [3.8, 4) is 0 Å². The molecule has 2 fully saturated rings. The molecular formula is C20H29NO2. The standard InChI is InChI=1S/C20H29NO2/c1-20(2,3)18-13-16(15-10-7-11-17(15)23-18)21-19(22)12-14-8-5-4-6-9-14/h4-6,8-9,15-18H,7,10-13H2,1-3H3,(H,21,22)/t15-,16+,17+,18+/m0/s1. The predicted octanol–water partition coefficient (Wildman–Crippen LogP) is 3.72. The van der Waals surface area contributed by atoms with Gasteiger partial charge in [0.05, 0.1) is 18.6 Å². The smallest absolute Gasteiger partial charge is 0.224 e. The number of ether oxygens (including phenoxy) is 1. The molecule has 4 atom stereocenters. The van der Waals surface area contributed by atoms with Crippen LogP contribution < -0.4 is 5.32 Å². The molecule has 0 spiro atoms. The number of carbonyl (C=O) groups excluding carboxylic acids is 1. The fourth-order valence-corrected chi connectivity index (χ4v) is 4.02. The highest BCUT2D eigenvalue weighted by molar-refractivity contribution is 5.78. The van der Waals surface area contributed by atoms with Gasteiger partial charge in [-0.15, -0.1) is 0 Å². The van der Waals surface area contributed by atoms with Crippen molar-refractivity contribution in [2.24, 2.45) is 11.3 Å². The molecule has 2 aliphatic rings. The third kappa shape index (κ3) is 3.95. The van der Waals surface area contributed by atoms with E-state index in [0.717, 1.165) is 18.4 Å². The van der Waals surface area contributed by atoms with E-state index in [1.807, 2.05) is 30.3 Å². The van der Waals surface area contributed by atoms with E-state index in [9.17, 15) is 4.79 Å². The highest BCUT2D eigenvalue weighted by atomic mass is 16.5. The van der Waals surface area contributed by atoms with Gasteiger partial charge < -0.3 is 10.1 Å². The summed E-state index contributed by atoms with van der Waals surface area (Å²) >= 11 is 0. The lowest BCUT2D eigenvalue weighted by molar-refractivity contribution is -0.136. The second kappa shape index (κ2) is 6.64. The Morgan fingerprint density at radius 3 is 2.65 bits per heavy atom. The SMILES string of the molecule is CC(C)(C)[C@H]1C[C@@H](NC(=O)Cc2ccccc2)[C@@H]2CCC[C@H]2O1. The average Bonchev–Trinajstić information content (AvgIpc) is 2.96. The van der Waals surface area contributed by atoms with Crippen molar-refractivity contribution in [1.82, 2.24) is 5.32 Å². The van der Waals surface area contributed by atoms with Gasteiger partial charge in [-0.1, -0.05) is 57.5 Å². The maximum absolute atomic E-state index is 12.5. The Bertz CT molecular complexity index is 534. The zero-order chi connectivity index (χ0) is 16.4. The molecule has 1 heterocycles. The first-order valence-electron chi connectivity index (χ1n) is 8.92. The fourth-order valence-electron chi connectivity index (χ4n) is 4.02. The monoisotopic (exact) mass is 315 g/mol. The molecule has 23 heavy (non-hydrogen) atoms. The highest BCUT2D eigenvalue weighted by Gasteiger charge is 2.44. The van der Waals surface area contributed by atoms with Gasteiger partial charge in [0.2, 0.25) is 5.91 Å². The van der Waals surface area contributed by atoms with Gasteiger partial charge in [0.15, 0.2) is 0 Å². The van der Waals surface area contributed by atoms with Crippen molar-refractivity contribution in [2.75, 3.05) is 0 Å². The Balaban J connectivity index is 1.65. The molecule has 1 N–H and O–H groups in total. The molecule has 3 rings (SSSR count). The first-order valence-corrected chi connectivity index (χ1v) is 8.92. The lowest BCUT2D eigenvalue weighted by Crippen LogP contribution is -2.53. The fraction of sp³-hybridized carbons (Fsp3) is 0.650. The molecule has 0 aromatic heterocycles. The van der Waals surface area contributed by atoms with E-state index in [2.05, 4.69) is 26.1 Å². The molecule has 1 amide bonds. The van der Waals surface area contributed by atoms with Gasteiger partial charge in [-0.05, 0) is 30.2 Å². The molecule has 126 valence electrons. The van der Waals surface area contributed by atoms with Gasteiger partial charge >= 0.3 is 0 Å². The highest BCUT2D eigenvalue weighted by Crippen LogP contribution is 2.42. The van der Waals surface area contributed by atoms with E-state index in [1.54, 1.807) is 0 Å². The molecule has 3 heteroatoms. The summed E-state index contributed by atoms with van der Waals surface area (Å²) in [6.07, 6.45) is 5.50. The van der Waals surface area contributed by atoms with E-state index in [0.29, 0.717) is 18.4 Å². The lowest BCUT2D eigenvalue weighted by atomic mass is 9.78. The lowest BCUT2D eigenvalue weighted by Gasteiger charge is -2.44. The van der Waals surface area contributed by atoms with Crippen LogP contribution in [0.25, 0.3) is 0 Å². The largest absolute Gasteiger partial charge is 0.374 e. The summed E-state index contributed by atoms with van der Waals surface area (Å²) in [5.74, 6) is 0.634. The predicted molar refractivity (Wildman–Crippen MR) is 92.2 cm³/mol. The summed E-state index contributed by atoms with van der Waals surface area (Å²) < 4.78 is 6.35. The maximum Gasteiger partial charge on any atom is 0.224 e. The van der Waals surface area contributed by atoms with Gasteiger partial charge in [0.25, 0.3) is 0 Å². The van der Waals surface area contributed by atoms with Crippen LogP contribution in [0.4, 0.5) is 0 Å². The number of rotatable bonds is 3. The number of amides is 1. The summed E-state index contributed by atoms with van der Waals surface area (Å²) in [6.45, 7) is 6.70. The van der Waals surface area contributed by atoms with Crippen LogP contribution in [0, 0.1) is 11.3 Å². The van der Waals surface area contributed by atoms with Gasteiger partial charge in [0.1, 0.15) is 0 Å². The Hall–Kier alpha value is -1.35. The molecule has 1 aromatic rings. The average molecular weight is 315 g/mol. The number of benzene rings is 1. The summed E-state index contributed by atoms with van der Waals surface area (Å²) in [5, 5.41) is 3.32. The van der Waals surface area contributed by atoms with Crippen molar-refractivity contribution in [3.63, 3.8) is 0 Å². The molecule has 0 bridgehead atoms. The third-order valence-corrected chi connectivity index (χ3v) is 5.35. The Morgan fingerprint density at radius 2 is 1.96 bits per heavy atom. The molecular weight excluding hydrogens is 286 g/mol. The van der Waals surface area contributed by atoms with Crippen LogP contribution in [-0.4, -0.2) is 24.2 Å². The number of hydrogen-bond donors (Lipinski definition) is 1. The Morgan fingerprint density at radius 1 is 1.22 bits per heavy atom. The van der Waals surface area contributed by atoms with Crippen molar-refractivity contribution in [1.29, 1.82) is 0 Å².